The molecule has 0 amide bonds. The van der Waals surface area contributed by atoms with E-state index in [0.717, 1.165) is 0 Å². The zero-order valence-electron chi connectivity index (χ0n) is 14.7. The summed E-state index contributed by atoms with van der Waals surface area (Å²) in [6.45, 7) is 2.41. The maximum absolute atomic E-state index is 15.4. The molecule has 2 heterocycles. The molecule has 2 rings (SSSR count). The lowest BCUT2D eigenvalue weighted by Gasteiger charge is -2.25. The third kappa shape index (κ3) is 4.24. The molecule has 0 aromatic carbocycles. The Morgan fingerprint density at radius 1 is 1.57 bits per heavy atom. The average molecular weight is 407 g/mol. The summed E-state index contributed by atoms with van der Waals surface area (Å²) in [5, 5.41) is 10.2. The second-order valence-electron chi connectivity index (χ2n) is 6.30. The number of carbonyl (C=O) groups excluding carboxylic acids is 1. The van der Waals surface area contributed by atoms with E-state index in [-0.39, 0.29) is 6.08 Å². The van der Waals surface area contributed by atoms with Crippen LogP contribution in [-0.2, 0) is 14.3 Å². The second kappa shape index (κ2) is 8.13. The van der Waals surface area contributed by atoms with E-state index in [9.17, 15) is 27.9 Å². The van der Waals surface area contributed by atoms with Gasteiger partial charge in [0.25, 0.3) is 0 Å². The molecule has 0 saturated carbocycles. The molecule has 1 aliphatic heterocycles. The molecule has 28 heavy (non-hydrogen) atoms. The van der Waals surface area contributed by atoms with Gasteiger partial charge in [-0.2, -0.15) is 13.8 Å². The lowest BCUT2D eigenvalue weighted by molar-refractivity contribution is -0.153. The summed E-state index contributed by atoms with van der Waals surface area (Å²) < 4.78 is 64.3. The number of aliphatic hydroxyl groups is 1. The number of rotatable bonds is 5. The lowest BCUT2D eigenvalue weighted by Crippen LogP contribution is -2.44. The van der Waals surface area contributed by atoms with Gasteiger partial charge in [-0.3, -0.25) is 9.36 Å². The van der Waals surface area contributed by atoms with E-state index in [2.05, 4.69) is 4.98 Å². The molecule has 1 aliphatic rings. The zero-order valence-corrected chi connectivity index (χ0v) is 14.7. The first-order chi connectivity index (χ1) is 13.0. The summed E-state index contributed by atoms with van der Waals surface area (Å²) >= 11 is 0. The standard InChI is InChI=1S/C16H17F4N3O5/c1-7(2)13(25)27-6-9-11(24)16(20,4-3-10(18)19)14(28-9)23-5-8(17)12(21)22-15(23)26/h4-5,7,9,11,14,24H,6H2,1-2H3,(H2,21,22,26)/t9-,11-,14-,16-/m1/s1. The Balaban J connectivity index is 2.46. The summed E-state index contributed by atoms with van der Waals surface area (Å²) in [5.41, 5.74) is 2.04. The Morgan fingerprint density at radius 3 is 2.79 bits per heavy atom. The van der Waals surface area contributed by atoms with Crippen molar-refractivity contribution in [1.82, 2.24) is 9.55 Å². The fourth-order valence-electron chi connectivity index (χ4n) is 2.46. The van der Waals surface area contributed by atoms with Crippen LogP contribution in [-0.4, -0.2) is 45.1 Å². The molecule has 1 fully saturated rings. The highest BCUT2D eigenvalue weighted by atomic mass is 19.3. The summed E-state index contributed by atoms with van der Waals surface area (Å²) in [7, 11) is 0. The zero-order chi connectivity index (χ0) is 21.2. The minimum atomic E-state index is -3.15. The SMILES string of the molecule is CC(C)C(=O)OC[C@H]1O[C@@H](n2cc(F)c(N)nc2=O)[C@@](F)(C=C=C(F)F)[C@@H]1O. The Kier molecular flexibility index (Phi) is 6.27. The van der Waals surface area contributed by atoms with Crippen LogP contribution < -0.4 is 11.4 Å². The van der Waals surface area contributed by atoms with Gasteiger partial charge < -0.3 is 20.3 Å². The van der Waals surface area contributed by atoms with Gasteiger partial charge in [0.15, 0.2) is 17.9 Å². The normalized spacial score (nSPS) is 26.8. The Hall–Kier alpha value is -2.69. The van der Waals surface area contributed by atoms with Crippen LogP contribution in [0.1, 0.15) is 20.1 Å². The van der Waals surface area contributed by atoms with Crippen molar-refractivity contribution in [3.63, 3.8) is 0 Å². The van der Waals surface area contributed by atoms with Crippen LogP contribution in [0.3, 0.4) is 0 Å². The first-order valence-corrected chi connectivity index (χ1v) is 7.99. The first kappa shape index (κ1) is 21.6. The lowest BCUT2D eigenvalue weighted by atomic mass is 9.96. The van der Waals surface area contributed by atoms with Crippen LogP contribution in [0.2, 0.25) is 0 Å². The molecular formula is C16H17F4N3O5. The number of aromatic nitrogens is 2. The number of nitrogens with two attached hydrogens (primary N) is 1. The smallest absolute Gasteiger partial charge is 0.351 e. The minimum absolute atomic E-state index is 0.155. The van der Waals surface area contributed by atoms with Crippen molar-refractivity contribution >= 4 is 11.8 Å². The number of esters is 1. The third-order valence-electron chi connectivity index (χ3n) is 3.94. The van der Waals surface area contributed by atoms with Gasteiger partial charge in [-0.05, 0) is 0 Å². The Morgan fingerprint density at radius 2 is 2.21 bits per heavy atom. The molecule has 0 aliphatic carbocycles. The summed E-state index contributed by atoms with van der Waals surface area (Å²) in [4.78, 5) is 26.7. The highest BCUT2D eigenvalue weighted by Gasteiger charge is 2.57. The topological polar surface area (TPSA) is 117 Å². The van der Waals surface area contributed by atoms with Crippen molar-refractivity contribution < 1.29 is 36.9 Å². The van der Waals surface area contributed by atoms with Crippen LogP contribution in [0.5, 0.6) is 0 Å². The van der Waals surface area contributed by atoms with Gasteiger partial charge in [0.2, 0.25) is 5.67 Å². The molecule has 1 aromatic heterocycles. The van der Waals surface area contributed by atoms with E-state index in [1.54, 1.807) is 0 Å². The van der Waals surface area contributed by atoms with Crippen molar-refractivity contribution in [2.45, 2.75) is 38.0 Å². The van der Waals surface area contributed by atoms with Gasteiger partial charge in [0.05, 0.1) is 12.1 Å². The van der Waals surface area contributed by atoms with Crippen LogP contribution in [0.25, 0.3) is 0 Å². The van der Waals surface area contributed by atoms with Crippen LogP contribution >= 0.6 is 0 Å². The molecule has 0 bridgehead atoms. The predicted molar refractivity (Wildman–Crippen MR) is 86.2 cm³/mol. The number of aliphatic hydroxyl groups excluding tert-OH is 1. The molecular weight excluding hydrogens is 390 g/mol. The number of carbonyl (C=O) groups is 1. The van der Waals surface area contributed by atoms with E-state index in [0.29, 0.717) is 10.8 Å². The number of halogens is 4. The Bertz CT molecular complexity index is 880. The number of nitrogens with zero attached hydrogens (tertiary/aromatic N) is 2. The minimum Gasteiger partial charge on any atom is -0.463 e. The van der Waals surface area contributed by atoms with E-state index in [1.807, 2.05) is 0 Å². The third-order valence-corrected chi connectivity index (χ3v) is 3.94. The summed E-state index contributed by atoms with van der Waals surface area (Å²) in [6.07, 6.45) is -7.60. The van der Waals surface area contributed by atoms with Gasteiger partial charge in [-0.25, -0.2) is 13.6 Å². The molecule has 3 N–H and O–H groups in total. The van der Waals surface area contributed by atoms with E-state index in [4.69, 9.17) is 15.2 Å². The molecule has 4 atom stereocenters. The van der Waals surface area contributed by atoms with Crippen LogP contribution in [0, 0.1) is 11.7 Å². The van der Waals surface area contributed by atoms with Gasteiger partial charge in [-0.1, -0.05) is 19.6 Å². The van der Waals surface area contributed by atoms with E-state index in [1.165, 1.54) is 19.6 Å². The summed E-state index contributed by atoms with van der Waals surface area (Å²) in [5.74, 6) is -3.19. The highest BCUT2D eigenvalue weighted by molar-refractivity contribution is 5.71. The fourth-order valence-corrected chi connectivity index (χ4v) is 2.46. The van der Waals surface area contributed by atoms with E-state index >= 15 is 4.39 Å². The van der Waals surface area contributed by atoms with Gasteiger partial charge in [0, 0.05) is 6.08 Å². The predicted octanol–water partition coefficient (Wildman–Crippen LogP) is 1.07. The molecule has 1 saturated heterocycles. The van der Waals surface area contributed by atoms with Crippen molar-refractivity contribution in [3.8, 4) is 0 Å². The van der Waals surface area contributed by atoms with Crippen LogP contribution in [0.15, 0.2) is 28.9 Å². The number of alkyl halides is 1. The quantitative estimate of drug-likeness (QED) is 0.426. The Labute approximate surface area is 155 Å². The van der Waals surface area contributed by atoms with Gasteiger partial charge >= 0.3 is 17.7 Å². The molecule has 12 heteroatoms. The monoisotopic (exact) mass is 407 g/mol. The van der Waals surface area contributed by atoms with Crippen molar-refractivity contribution in [3.05, 3.63) is 40.4 Å². The number of hydrogen-bond donors (Lipinski definition) is 2. The molecule has 0 spiro atoms. The number of nitrogen functional groups attached to an aromatic ring is 1. The fraction of sp³-hybridized carbons (Fsp3) is 0.500. The van der Waals surface area contributed by atoms with E-state index < -0.39 is 66.0 Å². The summed E-state index contributed by atoms with van der Waals surface area (Å²) in [6, 6.07) is 0. The molecule has 1 aromatic rings. The molecule has 8 nitrogen and oxygen atoms in total. The maximum atomic E-state index is 15.4. The van der Waals surface area contributed by atoms with Crippen LogP contribution in [0.4, 0.5) is 23.4 Å². The highest BCUT2D eigenvalue weighted by Crippen LogP contribution is 2.42. The van der Waals surface area contributed by atoms with Gasteiger partial charge in [0.1, 0.15) is 18.8 Å². The first-order valence-electron chi connectivity index (χ1n) is 7.99. The van der Waals surface area contributed by atoms with Gasteiger partial charge in [-0.15, -0.1) is 0 Å². The molecule has 0 unspecified atom stereocenters. The molecule has 154 valence electrons. The number of hydrogen-bond acceptors (Lipinski definition) is 7. The largest absolute Gasteiger partial charge is 0.463 e. The number of anilines is 1. The number of ether oxygens (including phenoxy) is 2. The average Bonchev–Trinajstić information content (AvgIpc) is 2.86. The molecule has 0 radical (unpaired) electrons. The van der Waals surface area contributed by atoms with Crippen molar-refractivity contribution in [2.75, 3.05) is 12.3 Å². The van der Waals surface area contributed by atoms with Crippen molar-refractivity contribution in [1.29, 1.82) is 0 Å². The maximum Gasteiger partial charge on any atom is 0.351 e. The van der Waals surface area contributed by atoms with Crippen molar-refractivity contribution in [2.24, 2.45) is 5.92 Å². The second-order valence-corrected chi connectivity index (χ2v) is 6.30.